The monoisotopic (exact) mass is 261 g/mol. The molecule has 1 N–H and O–H groups in total. The van der Waals surface area contributed by atoms with E-state index in [1.165, 1.54) is 4.88 Å². The summed E-state index contributed by atoms with van der Waals surface area (Å²) < 4.78 is 1.08. The lowest BCUT2D eigenvalue weighted by Gasteiger charge is -2.00. The summed E-state index contributed by atoms with van der Waals surface area (Å²) in [6.45, 7) is 2.65. The Labute approximate surface area is 90.5 Å². The summed E-state index contributed by atoms with van der Waals surface area (Å²) in [5, 5.41) is 4.88. The van der Waals surface area contributed by atoms with Gasteiger partial charge >= 0.3 is 0 Å². The van der Waals surface area contributed by atoms with Crippen LogP contribution >= 0.6 is 27.3 Å². The summed E-state index contributed by atoms with van der Waals surface area (Å²) in [4.78, 5) is 12.3. The molecule has 4 heteroatoms. The molecule has 1 aromatic rings. The van der Waals surface area contributed by atoms with E-state index in [2.05, 4.69) is 21.2 Å². The molecular formula is C9H12BrNOS. The highest BCUT2D eigenvalue weighted by atomic mass is 79.9. The number of nitrogens with one attached hydrogen (secondary N) is 1. The summed E-state index contributed by atoms with van der Waals surface area (Å²) >= 11 is 5.02. The van der Waals surface area contributed by atoms with Crippen LogP contribution in [0.4, 0.5) is 0 Å². The molecule has 72 valence electrons. The molecule has 0 bridgehead atoms. The highest BCUT2D eigenvalue weighted by Crippen LogP contribution is 2.19. The van der Waals surface area contributed by atoms with Crippen LogP contribution < -0.4 is 5.32 Å². The molecule has 2 nitrogen and oxygen atoms in total. The number of carbonyl (C=O) groups excluding carboxylic acids is 1. The first-order valence-corrected chi connectivity index (χ1v) is 5.89. The van der Waals surface area contributed by atoms with E-state index in [1.54, 1.807) is 11.3 Å². The van der Waals surface area contributed by atoms with Gasteiger partial charge in [0.25, 0.3) is 0 Å². The molecule has 0 saturated carbocycles. The molecule has 0 aliphatic carbocycles. The van der Waals surface area contributed by atoms with Crippen molar-refractivity contribution in [2.75, 3.05) is 0 Å². The Morgan fingerprint density at radius 1 is 1.69 bits per heavy atom. The Morgan fingerprint density at radius 3 is 3.00 bits per heavy atom. The van der Waals surface area contributed by atoms with Crippen LogP contribution in [-0.4, -0.2) is 5.91 Å². The molecule has 0 atom stereocenters. The molecule has 0 aliphatic rings. The normalized spacial score (nSPS) is 10.0. The summed E-state index contributed by atoms with van der Waals surface area (Å²) in [5.41, 5.74) is 0. The van der Waals surface area contributed by atoms with Gasteiger partial charge in [-0.2, -0.15) is 0 Å². The molecule has 13 heavy (non-hydrogen) atoms. The van der Waals surface area contributed by atoms with Crippen LogP contribution in [0.25, 0.3) is 0 Å². The highest BCUT2D eigenvalue weighted by molar-refractivity contribution is 9.10. The van der Waals surface area contributed by atoms with E-state index in [-0.39, 0.29) is 5.91 Å². The maximum Gasteiger partial charge on any atom is 0.220 e. The van der Waals surface area contributed by atoms with Crippen LogP contribution in [0, 0.1) is 0 Å². The molecule has 1 heterocycles. The largest absolute Gasteiger partial charge is 0.351 e. The average Bonchev–Trinajstić information content (AvgIpc) is 2.49. The van der Waals surface area contributed by atoms with Crippen molar-refractivity contribution in [3.8, 4) is 0 Å². The number of amides is 1. The zero-order valence-corrected chi connectivity index (χ0v) is 9.87. The number of halogens is 1. The third kappa shape index (κ3) is 3.91. The minimum absolute atomic E-state index is 0.132. The lowest BCUT2D eigenvalue weighted by Crippen LogP contribution is -2.21. The Hall–Kier alpha value is -0.350. The van der Waals surface area contributed by atoms with Crippen molar-refractivity contribution in [3.05, 3.63) is 20.8 Å². The van der Waals surface area contributed by atoms with E-state index in [9.17, 15) is 4.79 Å². The number of carbonyl (C=O) groups is 1. The summed E-state index contributed by atoms with van der Waals surface area (Å²) in [5.74, 6) is 0.132. The predicted molar refractivity (Wildman–Crippen MR) is 58.8 cm³/mol. The fraction of sp³-hybridized carbons (Fsp3) is 0.444. The standard InChI is InChI=1S/C9H12BrNOS/c1-2-3-9(12)11-5-8-4-7(10)6-13-8/h4,6H,2-3,5H2,1H3,(H,11,12). The van der Waals surface area contributed by atoms with Crippen LogP contribution in [0.1, 0.15) is 24.6 Å². The van der Waals surface area contributed by atoms with E-state index in [4.69, 9.17) is 0 Å². The molecule has 0 radical (unpaired) electrons. The smallest absolute Gasteiger partial charge is 0.220 e. The Morgan fingerprint density at radius 2 is 2.46 bits per heavy atom. The van der Waals surface area contributed by atoms with Crippen molar-refractivity contribution < 1.29 is 4.79 Å². The predicted octanol–water partition coefficient (Wildman–Crippen LogP) is 2.93. The van der Waals surface area contributed by atoms with Gasteiger partial charge in [0.05, 0.1) is 6.54 Å². The number of thiophene rings is 1. The van der Waals surface area contributed by atoms with Gasteiger partial charge in [0, 0.05) is 21.2 Å². The van der Waals surface area contributed by atoms with Gasteiger partial charge in [-0.15, -0.1) is 11.3 Å². The van der Waals surface area contributed by atoms with Gasteiger partial charge in [0.15, 0.2) is 0 Å². The second kappa shape index (κ2) is 5.40. The molecule has 1 rings (SSSR count). The molecule has 1 aromatic heterocycles. The molecule has 1 amide bonds. The molecular weight excluding hydrogens is 250 g/mol. The fourth-order valence-corrected chi connectivity index (χ4v) is 2.34. The summed E-state index contributed by atoms with van der Waals surface area (Å²) in [6.07, 6.45) is 1.52. The number of rotatable bonds is 4. The van der Waals surface area contributed by atoms with Crippen molar-refractivity contribution in [3.63, 3.8) is 0 Å². The molecule has 0 aromatic carbocycles. The molecule has 0 saturated heterocycles. The summed E-state index contributed by atoms with van der Waals surface area (Å²) in [6, 6.07) is 2.02. The van der Waals surface area contributed by atoms with E-state index in [0.29, 0.717) is 13.0 Å². The molecule has 0 spiro atoms. The van der Waals surface area contributed by atoms with Gasteiger partial charge in [0.2, 0.25) is 5.91 Å². The van der Waals surface area contributed by atoms with Gasteiger partial charge < -0.3 is 5.32 Å². The van der Waals surface area contributed by atoms with Crippen molar-refractivity contribution >= 4 is 33.2 Å². The third-order valence-electron chi connectivity index (χ3n) is 1.56. The topological polar surface area (TPSA) is 29.1 Å². The Bertz CT molecular complexity index is 285. The fourth-order valence-electron chi connectivity index (χ4n) is 0.948. The SMILES string of the molecule is CCCC(=O)NCc1cc(Br)cs1. The van der Waals surface area contributed by atoms with Crippen molar-refractivity contribution in [1.29, 1.82) is 0 Å². The van der Waals surface area contributed by atoms with Crippen LogP contribution in [0.2, 0.25) is 0 Å². The van der Waals surface area contributed by atoms with Crippen LogP contribution in [0.15, 0.2) is 15.9 Å². The van der Waals surface area contributed by atoms with Crippen molar-refractivity contribution in [1.82, 2.24) is 5.32 Å². The first-order valence-electron chi connectivity index (χ1n) is 4.22. The van der Waals surface area contributed by atoms with Crippen molar-refractivity contribution in [2.24, 2.45) is 0 Å². The molecule has 0 fully saturated rings. The van der Waals surface area contributed by atoms with Crippen LogP contribution in [0.5, 0.6) is 0 Å². The lowest BCUT2D eigenvalue weighted by atomic mass is 10.3. The first-order chi connectivity index (χ1) is 6.22. The van der Waals surface area contributed by atoms with Gasteiger partial charge in [-0.25, -0.2) is 0 Å². The maximum atomic E-state index is 11.1. The van der Waals surface area contributed by atoms with Gasteiger partial charge in [-0.1, -0.05) is 6.92 Å². The van der Waals surface area contributed by atoms with E-state index >= 15 is 0 Å². The maximum absolute atomic E-state index is 11.1. The first kappa shape index (κ1) is 10.7. The second-order valence-corrected chi connectivity index (χ2v) is 4.67. The van der Waals surface area contributed by atoms with E-state index < -0.39 is 0 Å². The second-order valence-electron chi connectivity index (χ2n) is 2.76. The van der Waals surface area contributed by atoms with Gasteiger partial charge in [0.1, 0.15) is 0 Å². The minimum atomic E-state index is 0.132. The van der Waals surface area contributed by atoms with Crippen LogP contribution in [0.3, 0.4) is 0 Å². The van der Waals surface area contributed by atoms with Crippen molar-refractivity contribution in [2.45, 2.75) is 26.3 Å². The van der Waals surface area contributed by atoms with E-state index in [1.807, 2.05) is 18.4 Å². The molecule has 0 aliphatic heterocycles. The third-order valence-corrected chi connectivity index (χ3v) is 3.26. The van der Waals surface area contributed by atoms with E-state index in [0.717, 1.165) is 10.9 Å². The highest BCUT2D eigenvalue weighted by Gasteiger charge is 2.00. The Kier molecular flexibility index (Phi) is 4.45. The van der Waals surface area contributed by atoms with Gasteiger partial charge in [-0.05, 0) is 28.4 Å². The lowest BCUT2D eigenvalue weighted by molar-refractivity contribution is -0.121. The Balaban J connectivity index is 2.30. The number of hydrogen-bond acceptors (Lipinski definition) is 2. The quantitative estimate of drug-likeness (QED) is 0.888. The minimum Gasteiger partial charge on any atom is -0.351 e. The number of hydrogen-bond donors (Lipinski definition) is 1. The van der Waals surface area contributed by atoms with Crippen LogP contribution in [-0.2, 0) is 11.3 Å². The molecule has 0 unspecified atom stereocenters. The zero-order chi connectivity index (χ0) is 9.68. The summed E-state index contributed by atoms with van der Waals surface area (Å²) in [7, 11) is 0. The zero-order valence-electron chi connectivity index (χ0n) is 7.47. The van der Waals surface area contributed by atoms with Gasteiger partial charge in [-0.3, -0.25) is 4.79 Å². The average molecular weight is 262 g/mol.